The molecule has 3 nitrogen and oxygen atoms in total. The molecule has 0 bridgehead atoms. The van der Waals surface area contributed by atoms with Gasteiger partial charge in [0, 0.05) is 48.1 Å². The van der Waals surface area contributed by atoms with Crippen LogP contribution >= 0.6 is 11.6 Å². The average Bonchev–Trinajstić information content (AvgIpc) is 3.08. The number of para-hydroxylation sites is 1. The molecule has 152 valence electrons. The summed E-state index contributed by atoms with van der Waals surface area (Å²) in [5, 5.41) is 4.72. The molecule has 0 saturated heterocycles. The summed E-state index contributed by atoms with van der Waals surface area (Å²) in [7, 11) is 2.01. The van der Waals surface area contributed by atoms with E-state index in [1.54, 1.807) is 12.1 Å². The molecule has 1 amide bonds. The number of nitrogens with zero attached hydrogens (tertiary/aromatic N) is 1. The maximum atomic E-state index is 13.1. The Morgan fingerprint density at radius 1 is 1.07 bits per heavy atom. The summed E-state index contributed by atoms with van der Waals surface area (Å²) < 4.78 is 15.2. The van der Waals surface area contributed by atoms with E-state index in [1.807, 2.05) is 43.4 Å². The minimum atomic E-state index is -0.290. The molecule has 3 aromatic carbocycles. The number of aryl methyl sites for hydroxylation is 1. The summed E-state index contributed by atoms with van der Waals surface area (Å²) in [6.45, 7) is 0.358. The summed E-state index contributed by atoms with van der Waals surface area (Å²) in [4.78, 5) is 12.8. The first-order valence-electron chi connectivity index (χ1n) is 9.82. The van der Waals surface area contributed by atoms with Gasteiger partial charge in [-0.05, 0) is 47.0 Å². The van der Waals surface area contributed by atoms with Gasteiger partial charge >= 0.3 is 0 Å². The van der Waals surface area contributed by atoms with E-state index in [9.17, 15) is 9.18 Å². The summed E-state index contributed by atoms with van der Waals surface area (Å²) in [5.41, 5.74) is 4.06. The largest absolute Gasteiger partial charge is 0.352 e. The third-order valence-corrected chi connectivity index (χ3v) is 5.58. The number of carbonyl (C=O) groups excluding carboxylic acids is 1. The molecule has 1 aromatic heterocycles. The number of fused-ring (bicyclic) bond motifs is 1. The molecule has 0 spiro atoms. The molecule has 5 heteroatoms. The number of nitrogens with one attached hydrogen (secondary N) is 1. The van der Waals surface area contributed by atoms with Gasteiger partial charge in [-0.15, -0.1) is 0 Å². The van der Waals surface area contributed by atoms with Crippen LogP contribution in [-0.2, 0) is 18.4 Å². The predicted octanol–water partition coefficient (Wildman–Crippen LogP) is 5.81. The Labute approximate surface area is 180 Å². The second kappa shape index (κ2) is 8.72. The molecule has 1 unspecified atom stereocenters. The van der Waals surface area contributed by atoms with Gasteiger partial charge < -0.3 is 9.88 Å². The van der Waals surface area contributed by atoms with Crippen LogP contribution in [0.1, 0.15) is 29.0 Å². The first-order chi connectivity index (χ1) is 14.5. The van der Waals surface area contributed by atoms with Gasteiger partial charge in [0.2, 0.25) is 5.91 Å². The minimum absolute atomic E-state index is 0.0720. The van der Waals surface area contributed by atoms with Gasteiger partial charge in [-0.1, -0.05) is 54.1 Å². The van der Waals surface area contributed by atoms with Crippen LogP contribution < -0.4 is 5.32 Å². The predicted molar refractivity (Wildman–Crippen MR) is 119 cm³/mol. The standard InChI is InChI=1S/C25H22ClFN2O/c1-29-16-23(21-7-2-3-8-24(21)29)22(18-5-4-6-19(26)13-18)14-25(30)28-15-17-9-11-20(27)12-10-17/h2-13,16,22H,14-15H2,1H3,(H,28,30). The van der Waals surface area contributed by atoms with Gasteiger partial charge in [0.25, 0.3) is 0 Å². The maximum Gasteiger partial charge on any atom is 0.221 e. The highest BCUT2D eigenvalue weighted by Crippen LogP contribution is 2.35. The first kappa shape index (κ1) is 20.2. The topological polar surface area (TPSA) is 34.0 Å². The Morgan fingerprint density at radius 3 is 2.60 bits per heavy atom. The lowest BCUT2D eigenvalue weighted by Crippen LogP contribution is -2.25. The summed E-state index contributed by atoms with van der Waals surface area (Å²) in [5.74, 6) is -0.498. The molecular formula is C25H22ClFN2O. The highest BCUT2D eigenvalue weighted by molar-refractivity contribution is 6.30. The fourth-order valence-corrected chi connectivity index (χ4v) is 4.04. The number of amides is 1. The lowest BCUT2D eigenvalue weighted by Gasteiger charge is -2.18. The van der Waals surface area contributed by atoms with E-state index >= 15 is 0 Å². The number of aromatic nitrogens is 1. The number of benzene rings is 3. The molecule has 0 aliphatic carbocycles. The van der Waals surface area contributed by atoms with Crippen molar-refractivity contribution in [3.8, 4) is 0 Å². The number of hydrogen-bond acceptors (Lipinski definition) is 1. The molecule has 30 heavy (non-hydrogen) atoms. The van der Waals surface area contributed by atoms with Crippen molar-refractivity contribution in [2.45, 2.75) is 18.9 Å². The van der Waals surface area contributed by atoms with Crippen molar-refractivity contribution in [1.29, 1.82) is 0 Å². The van der Waals surface area contributed by atoms with Crippen LogP contribution in [0.5, 0.6) is 0 Å². The van der Waals surface area contributed by atoms with E-state index < -0.39 is 0 Å². The molecule has 1 N–H and O–H groups in total. The van der Waals surface area contributed by atoms with Crippen LogP contribution in [0.15, 0.2) is 79.0 Å². The summed E-state index contributed by atoms with van der Waals surface area (Å²) >= 11 is 6.25. The SMILES string of the molecule is Cn1cc(C(CC(=O)NCc2ccc(F)cc2)c2cccc(Cl)c2)c2ccccc21. The molecule has 4 aromatic rings. The van der Waals surface area contributed by atoms with Crippen LogP contribution in [0.25, 0.3) is 10.9 Å². The fourth-order valence-electron chi connectivity index (χ4n) is 3.84. The Bertz CT molecular complexity index is 1180. The Morgan fingerprint density at radius 2 is 1.83 bits per heavy atom. The molecule has 4 rings (SSSR count). The highest BCUT2D eigenvalue weighted by atomic mass is 35.5. The lowest BCUT2D eigenvalue weighted by molar-refractivity contribution is -0.121. The second-order valence-corrected chi connectivity index (χ2v) is 7.86. The van der Waals surface area contributed by atoms with Gasteiger partial charge in [-0.3, -0.25) is 4.79 Å². The zero-order valence-electron chi connectivity index (χ0n) is 16.6. The van der Waals surface area contributed by atoms with Crippen molar-refractivity contribution >= 4 is 28.4 Å². The Kier molecular flexibility index (Phi) is 5.86. The molecule has 1 atom stereocenters. The van der Waals surface area contributed by atoms with Gasteiger partial charge in [-0.25, -0.2) is 4.39 Å². The molecule has 0 aliphatic rings. The first-order valence-corrected chi connectivity index (χ1v) is 10.2. The van der Waals surface area contributed by atoms with E-state index in [-0.39, 0.29) is 24.1 Å². The Hall–Kier alpha value is -3.11. The van der Waals surface area contributed by atoms with Crippen molar-refractivity contribution in [2.75, 3.05) is 0 Å². The van der Waals surface area contributed by atoms with E-state index in [1.165, 1.54) is 12.1 Å². The van der Waals surface area contributed by atoms with Crippen LogP contribution in [-0.4, -0.2) is 10.5 Å². The van der Waals surface area contributed by atoms with E-state index in [0.717, 1.165) is 27.6 Å². The summed E-state index contributed by atoms with van der Waals surface area (Å²) in [6, 6.07) is 22.0. The maximum absolute atomic E-state index is 13.1. The minimum Gasteiger partial charge on any atom is -0.352 e. The molecule has 0 aliphatic heterocycles. The lowest BCUT2D eigenvalue weighted by atomic mass is 9.88. The average molecular weight is 421 g/mol. The van der Waals surface area contributed by atoms with Crippen molar-refractivity contribution in [1.82, 2.24) is 9.88 Å². The normalized spacial score (nSPS) is 12.1. The van der Waals surface area contributed by atoms with Gasteiger partial charge in [-0.2, -0.15) is 0 Å². The van der Waals surface area contributed by atoms with Gasteiger partial charge in [0.05, 0.1) is 0 Å². The third-order valence-electron chi connectivity index (χ3n) is 5.35. The second-order valence-electron chi connectivity index (χ2n) is 7.43. The van der Waals surface area contributed by atoms with Crippen molar-refractivity contribution < 1.29 is 9.18 Å². The van der Waals surface area contributed by atoms with Gasteiger partial charge in [0.15, 0.2) is 0 Å². The Balaban J connectivity index is 1.62. The number of hydrogen-bond donors (Lipinski definition) is 1. The van der Waals surface area contributed by atoms with Crippen LogP contribution in [0.4, 0.5) is 4.39 Å². The zero-order valence-corrected chi connectivity index (χ0v) is 17.4. The smallest absolute Gasteiger partial charge is 0.221 e. The third kappa shape index (κ3) is 4.39. The van der Waals surface area contributed by atoms with E-state index in [0.29, 0.717) is 11.6 Å². The van der Waals surface area contributed by atoms with Crippen molar-refractivity contribution in [3.63, 3.8) is 0 Å². The number of carbonyl (C=O) groups is 1. The number of rotatable bonds is 6. The number of halogens is 2. The van der Waals surface area contributed by atoms with Crippen LogP contribution in [0, 0.1) is 5.82 Å². The molecular weight excluding hydrogens is 399 g/mol. The molecule has 0 radical (unpaired) electrons. The molecule has 1 heterocycles. The van der Waals surface area contributed by atoms with Crippen LogP contribution in [0.2, 0.25) is 5.02 Å². The quantitative estimate of drug-likeness (QED) is 0.419. The highest BCUT2D eigenvalue weighted by Gasteiger charge is 2.22. The van der Waals surface area contributed by atoms with Crippen LogP contribution in [0.3, 0.4) is 0 Å². The van der Waals surface area contributed by atoms with E-state index in [2.05, 4.69) is 28.2 Å². The monoisotopic (exact) mass is 420 g/mol. The van der Waals surface area contributed by atoms with Gasteiger partial charge in [0.1, 0.15) is 5.82 Å². The summed E-state index contributed by atoms with van der Waals surface area (Å²) in [6.07, 6.45) is 2.37. The fraction of sp³-hybridized carbons (Fsp3) is 0.160. The molecule has 0 fully saturated rings. The zero-order chi connectivity index (χ0) is 21.1. The van der Waals surface area contributed by atoms with E-state index in [4.69, 9.17) is 11.6 Å². The molecule has 0 saturated carbocycles. The van der Waals surface area contributed by atoms with Crippen molar-refractivity contribution in [3.05, 3.63) is 107 Å². The van der Waals surface area contributed by atoms with Crippen molar-refractivity contribution in [2.24, 2.45) is 7.05 Å².